The molecule has 0 aliphatic carbocycles. The lowest BCUT2D eigenvalue weighted by Crippen LogP contribution is -2.01. The van der Waals surface area contributed by atoms with Crippen molar-refractivity contribution in [3.05, 3.63) is 35.4 Å². The van der Waals surface area contributed by atoms with Crippen LogP contribution in [0, 0.1) is 0 Å². The average molecular weight is 313 g/mol. The molecular weight excluding hydrogens is 296 g/mol. The molecule has 3 nitrogen and oxygen atoms in total. The van der Waals surface area contributed by atoms with E-state index in [9.17, 15) is 9.59 Å². The molecule has 0 saturated heterocycles. The molecule has 4 heteroatoms. The number of aryl methyl sites for hydroxylation is 1. The van der Waals surface area contributed by atoms with E-state index in [1.54, 1.807) is 12.1 Å². The fourth-order valence-corrected chi connectivity index (χ4v) is 1.99. The van der Waals surface area contributed by atoms with Crippen molar-refractivity contribution in [3.63, 3.8) is 0 Å². The van der Waals surface area contributed by atoms with Crippen LogP contribution in [0.5, 0.6) is 0 Å². The Kier molecular flexibility index (Phi) is 6.65. The van der Waals surface area contributed by atoms with Crippen LogP contribution in [-0.2, 0) is 16.0 Å². The molecule has 0 amide bonds. The van der Waals surface area contributed by atoms with Crippen molar-refractivity contribution in [1.82, 2.24) is 0 Å². The number of methoxy groups -OCH3 is 1. The smallest absolute Gasteiger partial charge is 0.337 e. The molecule has 0 aromatic heterocycles. The fourth-order valence-electron chi connectivity index (χ4n) is 1.66. The molecule has 98 valence electrons. The minimum absolute atomic E-state index is 0.0285. The zero-order valence-electron chi connectivity index (χ0n) is 10.4. The van der Waals surface area contributed by atoms with Crippen LogP contribution in [0.1, 0.15) is 35.2 Å². The summed E-state index contributed by atoms with van der Waals surface area (Å²) < 4.78 is 4.64. The van der Waals surface area contributed by atoms with Crippen molar-refractivity contribution in [2.75, 3.05) is 7.11 Å². The fraction of sp³-hybridized carbons (Fsp3) is 0.429. The van der Waals surface area contributed by atoms with Gasteiger partial charge in [-0.15, -0.1) is 0 Å². The first-order valence-electron chi connectivity index (χ1n) is 5.94. The van der Waals surface area contributed by atoms with Gasteiger partial charge in [0.25, 0.3) is 0 Å². The Labute approximate surface area is 116 Å². The lowest BCUT2D eigenvalue weighted by atomic mass is 10.0. The second-order valence-electron chi connectivity index (χ2n) is 4.09. The van der Waals surface area contributed by atoms with Crippen molar-refractivity contribution in [1.29, 1.82) is 0 Å². The summed E-state index contributed by atoms with van der Waals surface area (Å²) in [5.74, 6) is -0.310. The van der Waals surface area contributed by atoms with E-state index < -0.39 is 0 Å². The van der Waals surface area contributed by atoms with Crippen molar-refractivity contribution in [3.8, 4) is 0 Å². The maximum Gasteiger partial charge on any atom is 0.337 e. The first-order chi connectivity index (χ1) is 8.67. The van der Waals surface area contributed by atoms with Crippen LogP contribution in [0.15, 0.2) is 24.3 Å². The van der Waals surface area contributed by atoms with E-state index in [1.807, 2.05) is 12.1 Å². The molecule has 0 aliphatic heterocycles. The summed E-state index contributed by atoms with van der Waals surface area (Å²) >= 11 is 3.28. The Morgan fingerprint density at radius 2 is 2.00 bits per heavy atom. The monoisotopic (exact) mass is 312 g/mol. The predicted molar refractivity (Wildman–Crippen MR) is 74.1 cm³/mol. The van der Waals surface area contributed by atoms with Gasteiger partial charge in [0.15, 0.2) is 0 Å². The molecule has 0 fully saturated rings. The number of esters is 1. The minimum Gasteiger partial charge on any atom is -0.465 e. The van der Waals surface area contributed by atoms with Crippen LogP contribution in [-0.4, -0.2) is 24.2 Å². The van der Waals surface area contributed by atoms with Crippen LogP contribution < -0.4 is 0 Å². The lowest BCUT2D eigenvalue weighted by Gasteiger charge is -2.04. The number of rotatable bonds is 7. The number of hydrogen-bond acceptors (Lipinski definition) is 3. The van der Waals surface area contributed by atoms with E-state index in [0.29, 0.717) is 5.56 Å². The molecule has 0 spiro atoms. The third-order valence-electron chi connectivity index (χ3n) is 2.72. The summed E-state index contributed by atoms with van der Waals surface area (Å²) in [4.78, 5) is 21.6. The molecular formula is C14H17BrO3. The molecule has 0 heterocycles. The summed E-state index contributed by atoms with van der Waals surface area (Å²) in [7, 11) is 1.37. The maximum absolute atomic E-state index is 11.2. The van der Waals surface area contributed by atoms with Gasteiger partial charge in [0.2, 0.25) is 0 Å². The summed E-state index contributed by atoms with van der Waals surface area (Å²) in [6, 6.07) is 7.44. The minimum atomic E-state index is -0.310. The number of halogens is 1. The zero-order chi connectivity index (χ0) is 13.4. The highest BCUT2D eigenvalue weighted by atomic mass is 79.9. The van der Waals surface area contributed by atoms with Crippen molar-refractivity contribution in [2.24, 2.45) is 0 Å². The molecule has 1 unspecified atom stereocenters. The maximum atomic E-state index is 11.2. The zero-order valence-corrected chi connectivity index (χ0v) is 12.0. The predicted octanol–water partition coefficient (Wildman–Crippen LogP) is 3.15. The second kappa shape index (κ2) is 8.03. The number of ether oxygens (including phenoxy) is 1. The highest BCUT2D eigenvalue weighted by molar-refractivity contribution is 9.09. The van der Waals surface area contributed by atoms with Gasteiger partial charge in [0.05, 0.1) is 17.5 Å². The molecule has 0 N–H and O–H groups in total. The molecule has 1 atom stereocenters. The van der Waals surface area contributed by atoms with E-state index in [2.05, 4.69) is 20.7 Å². The molecule has 0 bridgehead atoms. The largest absolute Gasteiger partial charge is 0.465 e. The van der Waals surface area contributed by atoms with Gasteiger partial charge in [-0.3, -0.25) is 0 Å². The van der Waals surface area contributed by atoms with Crippen LogP contribution >= 0.6 is 15.9 Å². The van der Waals surface area contributed by atoms with Crippen LogP contribution in [0.25, 0.3) is 0 Å². The third-order valence-corrected chi connectivity index (χ3v) is 3.39. The molecule has 0 aliphatic rings. The van der Waals surface area contributed by atoms with Gasteiger partial charge in [0, 0.05) is 0 Å². The summed E-state index contributed by atoms with van der Waals surface area (Å²) in [5, 5.41) is 0. The summed E-state index contributed by atoms with van der Waals surface area (Å²) in [5.41, 5.74) is 1.77. The van der Waals surface area contributed by atoms with Crippen LogP contribution in [0.4, 0.5) is 0 Å². The van der Waals surface area contributed by atoms with Gasteiger partial charge in [-0.2, -0.15) is 0 Å². The SMILES string of the molecule is COC(=O)c1ccc(CCCCC(Br)C=O)cc1. The normalized spacial score (nSPS) is 11.9. The van der Waals surface area contributed by atoms with Gasteiger partial charge >= 0.3 is 5.97 Å². The first kappa shape index (κ1) is 14.9. The van der Waals surface area contributed by atoms with Crippen LogP contribution in [0.2, 0.25) is 0 Å². The standard InChI is InChI=1S/C14H17BrO3/c1-18-14(17)12-8-6-11(7-9-12)4-2-3-5-13(15)10-16/h6-10,13H,2-5H2,1H3. The summed E-state index contributed by atoms with van der Waals surface area (Å²) in [6.07, 6.45) is 4.79. The highest BCUT2D eigenvalue weighted by Gasteiger charge is 2.04. The topological polar surface area (TPSA) is 43.4 Å². The quantitative estimate of drug-likeness (QED) is 0.336. The van der Waals surface area contributed by atoms with E-state index in [-0.39, 0.29) is 10.8 Å². The van der Waals surface area contributed by atoms with Gasteiger partial charge in [-0.1, -0.05) is 34.5 Å². The average Bonchev–Trinajstić information content (AvgIpc) is 2.43. The van der Waals surface area contributed by atoms with Gasteiger partial charge < -0.3 is 9.53 Å². The first-order valence-corrected chi connectivity index (χ1v) is 6.85. The number of benzene rings is 1. The van der Waals surface area contributed by atoms with E-state index in [0.717, 1.165) is 32.0 Å². The van der Waals surface area contributed by atoms with Crippen molar-refractivity contribution >= 4 is 28.2 Å². The molecule has 1 aromatic carbocycles. The second-order valence-corrected chi connectivity index (χ2v) is 5.26. The van der Waals surface area contributed by atoms with Gasteiger partial charge in [-0.25, -0.2) is 4.79 Å². The lowest BCUT2D eigenvalue weighted by molar-refractivity contribution is -0.107. The Morgan fingerprint density at radius 3 is 2.56 bits per heavy atom. The van der Waals surface area contributed by atoms with E-state index in [4.69, 9.17) is 0 Å². The van der Waals surface area contributed by atoms with E-state index in [1.165, 1.54) is 12.7 Å². The number of carbonyl (C=O) groups is 2. The number of carbonyl (C=O) groups excluding carboxylic acids is 2. The summed E-state index contributed by atoms with van der Waals surface area (Å²) in [6.45, 7) is 0. The van der Waals surface area contributed by atoms with Crippen molar-refractivity contribution in [2.45, 2.75) is 30.5 Å². The van der Waals surface area contributed by atoms with Gasteiger partial charge in [-0.05, 0) is 37.0 Å². The number of aldehydes is 1. The number of alkyl halides is 1. The molecule has 18 heavy (non-hydrogen) atoms. The Morgan fingerprint density at radius 1 is 1.33 bits per heavy atom. The van der Waals surface area contributed by atoms with Crippen LogP contribution in [0.3, 0.4) is 0 Å². The highest BCUT2D eigenvalue weighted by Crippen LogP contribution is 2.12. The Balaban J connectivity index is 2.35. The number of unbranched alkanes of at least 4 members (excludes halogenated alkanes) is 1. The Bertz CT molecular complexity index is 387. The van der Waals surface area contributed by atoms with Crippen molar-refractivity contribution < 1.29 is 14.3 Å². The Hall–Kier alpha value is -1.16. The molecule has 1 rings (SSSR count). The molecule has 0 saturated carbocycles. The van der Waals surface area contributed by atoms with Gasteiger partial charge in [0.1, 0.15) is 6.29 Å². The molecule has 1 aromatic rings. The molecule has 0 radical (unpaired) electrons. The number of hydrogen-bond donors (Lipinski definition) is 0. The third kappa shape index (κ3) is 5.00. The van der Waals surface area contributed by atoms with E-state index >= 15 is 0 Å².